The van der Waals surface area contributed by atoms with Crippen LogP contribution in [-0.4, -0.2) is 40.0 Å². The summed E-state index contributed by atoms with van der Waals surface area (Å²) in [7, 11) is 0. The molecule has 1 saturated heterocycles. The Balaban J connectivity index is 1.28. The van der Waals surface area contributed by atoms with Crippen LogP contribution in [0, 0.1) is 11.7 Å². The van der Waals surface area contributed by atoms with Gasteiger partial charge >= 0.3 is 0 Å². The van der Waals surface area contributed by atoms with Crippen LogP contribution in [0.15, 0.2) is 54.6 Å². The minimum Gasteiger partial charge on any atom is -0.342 e. The van der Waals surface area contributed by atoms with Gasteiger partial charge in [0.1, 0.15) is 10.8 Å². The number of rotatable bonds is 8. The van der Waals surface area contributed by atoms with Gasteiger partial charge in [0, 0.05) is 25.9 Å². The molecule has 0 aliphatic carbocycles. The molecular formula is C24H25FN4O2S. The van der Waals surface area contributed by atoms with Gasteiger partial charge in [-0.25, -0.2) is 4.39 Å². The van der Waals surface area contributed by atoms with Gasteiger partial charge < -0.3 is 10.2 Å². The highest BCUT2D eigenvalue weighted by molar-refractivity contribution is 7.15. The van der Waals surface area contributed by atoms with Crippen molar-refractivity contribution in [1.82, 2.24) is 15.1 Å². The van der Waals surface area contributed by atoms with E-state index in [0.717, 1.165) is 17.0 Å². The third-order valence-corrected chi connectivity index (χ3v) is 6.58. The van der Waals surface area contributed by atoms with Gasteiger partial charge in [-0.3, -0.25) is 9.59 Å². The first-order valence-corrected chi connectivity index (χ1v) is 11.5. The van der Waals surface area contributed by atoms with Crippen LogP contribution < -0.4 is 5.32 Å². The van der Waals surface area contributed by atoms with E-state index in [9.17, 15) is 14.0 Å². The fraction of sp³-hybridized carbons (Fsp3) is 0.333. The lowest BCUT2D eigenvalue weighted by Crippen LogP contribution is -2.30. The number of benzene rings is 2. The van der Waals surface area contributed by atoms with E-state index in [4.69, 9.17) is 0 Å². The van der Waals surface area contributed by atoms with E-state index in [-0.39, 0.29) is 24.1 Å². The summed E-state index contributed by atoms with van der Waals surface area (Å²) in [5.41, 5.74) is 2.19. The van der Waals surface area contributed by atoms with Crippen molar-refractivity contribution >= 4 is 28.3 Å². The highest BCUT2D eigenvalue weighted by Gasteiger charge is 2.34. The van der Waals surface area contributed by atoms with Crippen LogP contribution >= 0.6 is 11.3 Å². The quantitative estimate of drug-likeness (QED) is 0.559. The molecule has 166 valence electrons. The molecule has 6 nitrogen and oxygen atoms in total. The van der Waals surface area contributed by atoms with Gasteiger partial charge in [0.15, 0.2) is 0 Å². The van der Waals surface area contributed by atoms with Crippen molar-refractivity contribution in [2.24, 2.45) is 5.92 Å². The molecule has 0 bridgehead atoms. The minimum atomic E-state index is -0.411. The fourth-order valence-electron chi connectivity index (χ4n) is 3.83. The Kier molecular flexibility index (Phi) is 6.90. The lowest BCUT2D eigenvalue weighted by molar-refractivity contribution is -0.128. The summed E-state index contributed by atoms with van der Waals surface area (Å²) in [6.45, 7) is 3.02. The van der Waals surface area contributed by atoms with Crippen LogP contribution in [0.3, 0.4) is 0 Å². The number of amides is 2. The second kappa shape index (κ2) is 9.99. The van der Waals surface area contributed by atoms with Crippen LogP contribution in [0.1, 0.15) is 35.4 Å². The van der Waals surface area contributed by atoms with Crippen LogP contribution in [0.4, 0.5) is 9.52 Å². The molecule has 1 aromatic heterocycles. The zero-order chi connectivity index (χ0) is 22.5. The molecule has 1 aliphatic heterocycles. The molecule has 3 aromatic rings. The van der Waals surface area contributed by atoms with Gasteiger partial charge in [0.05, 0.1) is 5.92 Å². The Morgan fingerprint density at radius 2 is 1.94 bits per heavy atom. The molecule has 8 heteroatoms. The molecule has 1 aliphatic rings. The molecule has 2 aromatic carbocycles. The number of nitrogens with one attached hydrogen (secondary N) is 1. The molecule has 2 atom stereocenters. The average Bonchev–Trinajstić information content (AvgIpc) is 3.40. The van der Waals surface area contributed by atoms with Gasteiger partial charge in [-0.2, -0.15) is 0 Å². The first kappa shape index (κ1) is 22.1. The molecule has 32 heavy (non-hydrogen) atoms. The van der Waals surface area contributed by atoms with Gasteiger partial charge in [-0.05, 0) is 35.6 Å². The Bertz CT molecular complexity index is 1070. The number of hydrogen-bond donors (Lipinski definition) is 1. The summed E-state index contributed by atoms with van der Waals surface area (Å²) in [6.07, 6.45) is 1.56. The average molecular weight is 453 g/mol. The highest BCUT2D eigenvalue weighted by atomic mass is 32.1. The second-order valence-electron chi connectivity index (χ2n) is 8.12. The topological polar surface area (TPSA) is 75.2 Å². The van der Waals surface area contributed by atoms with E-state index in [1.165, 1.54) is 29.0 Å². The normalized spacial score (nSPS) is 16.9. The van der Waals surface area contributed by atoms with E-state index in [0.29, 0.717) is 30.6 Å². The molecule has 1 fully saturated rings. The molecule has 0 radical (unpaired) electrons. The van der Waals surface area contributed by atoms with Crippen molar-refractivity contribution in [3.8, 4) is 0 Å². The van der Waals surface area contributed by atoms with Gasteiger partial charge in [0.2, 0.25) is 16.9 Å². The number of aromatic nitrogens is 2. The minimum absolute atomic E-state index is 0.0399. The Morgan fingerprint density at radius 3 is 2.69 bits per heavy atom. The van der Waals surface area contributed by atoms with E-state index in [1.54, 1.807) is 17.0 Å². The Morgan fingerprint density at radius 1 is 1.19 bits per heavy atom. The maximum Gasteiger partial charge on any atom is 0.231 e. The number of carbonyl (C=O) groups excluding carboxylic acids is 2. The zero-order valence-electron chi connectivity index (χ0n) is 17.8. The standard InChI is InChI=1S/C24H25FN4O2S/c1-16(18-5-3-2-4-6-18)13-21-27-28-24(32-21)26-23(31)19-14-22(30)29(15-19)12-11-17-7-9-20(25)10-8-17/h2-10,16,19H,11-15H2,1H3,(H,26,28,31)/t16-,19+/m1/s1. The maximum atomic E-state index is 13.0. The molecular weight excluding hydrogens is 427 g/mol. The number of halogens is 1. The summed E-state index contributed by atoms with van der Waals surface area (Å²) >= 11 is 1.37. The number of likely N-dealkylation sites (tertiary alicyclic amines) is 1. The third-order valence-electron chi connectivity index (χ3n) is 5.72. The number of carbonyl (C=O) groups is 2. The van der Waals surface area contributed by atoms with Crippen molar-refractivity contribution in [2.75, 3.05) is 18.4 Å². The molecule has 1 N–H and O–H groups in total. The van der Waals surface area contributed by atoms with Crippen molar-refractivity contribution in [2.45, 2.75) is 32.1 Å². The summed E-state index contributed by atoms with van der Waals surface area (Å²) in [4.78, 5) is 26.7. The summed E-state index contributed by atoms with van der Waals surface area (Å²) in [5.74, 6) is -0.637. The van der Waals surface area contributed by atoms with Crippen LogP contribution in [0.25, 0.3) is 0 Å². The SMILES string of the molecule is C[C@H](Cc1nnc(NC(=O)[C@H]2CC(=O)N(CCc3ccc(F)cc3)C2)s1)c1ccccc1. The van der Waals surface area contributed by atoms with Gasteiger partial charge in [-0.15, -0.1) is 10.2 Å². The molecule has 4 rings (SSSR count). The second-order valence-corrected chi connectivity index (χ2v) is 9.19. The van der Waals surface area contributed by atoms with Gasteiger partial charge in [0.25, 0.3) is 0 Å². The molecule has 0 saturated carbocycles. The number of nitrogens with zero attached hydrogens (tertiary/aromatic N) is 3. The fourth-order valence-corrected chi connectivity index (χ4v) is 4.71. The van der Waals surface area contributed by atoms with Crippen molar-refractivity contribution in [3.05, 3.63) is 76.5 Å². The lowest BCUT2D eigenvalue weighted by atomic mass is 9.98. The van der Waals surface area contributed by atoms with Crippen LogP contribution in [0.5, 0.6) is 0 Å². The first-order chi connectivity index (χ1) is 15.5. The van der Waals surface area contributed by atoms with Crippen LogP contribution in [0.2, 0.25) is 0 Å². The molecule has 2 amide bonds. The van der Waals surface area contributed by atoms with Crippen molar-refractivity contribution in [1.29, 1.82) is 0 Å². The first-order valence-electron chi connectivity index (χ1n) is 10.7. The summed E-state index contributed by atoms with van der Waals surface area (Å²) in [6, 6.07) is 16.5. The maximum absolute atomic E-state index is 13.0. The van der Waals surface area contributed by atoms with E-state index < -0.39 is 5.92 Å². The van der Waals surface area contributed by atoms with Crippen LogP contribution in [-0.2, 0) is 22.4 Å². The summed E-state index contributed by atoms with van der Waals surface area (Å²) < 4.78 is 13.0. The van der Waals surface area contributed by atoms with E-state index >= 15 is 0 Å². The molecule has 2 heterocycles. The van der Waals surface area contributed by atoms with Crippen molar-refractivity contribution in [3.63, 3.8) is 0 Å². The smallest absolute Gasteiger partial charge is 0.231 e. The van der Waals surface area contributed by atoms with Gasteiger partial charge in [-0.1, -0.05) is 60.7 Å². The highest BCUT2D eigenvalue weighted by Crippen LogP contribution is 2.25. The molecule has 0 spiro atoms. The van der Waals surface area contributed by atoms with Crippen molar-refractivity contribution < 1.29 is 14.0 Å². The van der Waals surface area contributed by atoms with E-state index in [2.05, 4.69) is 34.6 Å². The number of hydrogen-bond acceptors (Lipinski definition) is 5. The molecule has 0 unspecified atom stereocenters. The monoisotopic (exact) mass is 452 g/mol. The zero-order valence-corrected chi connectivity index (χ0v) is 18.6. The predicted molar refractivity (Wildman–Crippen MR) is 122 cm³/mol. The predicted octanol–water partition coefficient (Wildman–Crippen LogP) is 4.05. The largest absolute Gasteiger partial charge is 0.342 e. The Hall–Kier alpha value is -3.13. The lowest BCUT2D eigenvalue weighted by Gasteiger charge is -2.16. The third kappa shape index (κ3) is 5.56. The Labute approximate surface area is 190 Å². The summed E-state index contributed by atoms with van der Waals surface area (Å²) in [5, 5.41) is 12.5. The number of anilines is 1. The van der Waals surface area contributed by atoms with E-state index in [1.807, 2.05) is 18.2 Å².